The average Bonchev–Trinajstić information content (AvgIpc) is 3.14. The van der Waals surface area contributed by atoms with E-state index in [-0.39, 0.29) is 5.91 Å². The zero-order chi connectivity index (χ0) is 36.9. The quantitative estimate of drug-likeness (QED) is 0.0663. The SMILES string of the molecule is CCCCCCCCCCCCOc1cc(C(=O)NCCN)cc(OCCCCCCCCCCCC)c1OCCCCCCCCCCCC. The van der Waals surface area contributed by atoms with Crippen LogP contribution in [-0.4, -0.2) is 38.8 Å². The van der Waals surface area contributed by atoms with E-state index in [1.807, 2.05) is 12.1 Å². The maximum absolute atomic E-state index is 13.1. The second-order valence-electron chi connectivity index (χ2n) is 14.9. The number of nitrogens with one attached hydrogen (secondary N) is 1. The third-order valence-electron chi connectivity index (χ3n) is 9.97. The van der Waals surface area contributed by atoms with E-state index in [9.17, 15) is 4.79 Å². The van der Waals surface area contributed by atoms with Crippen molar-refractivity contribution in [1.82, 2.24) is 5.32 Å². The Hall–Kier alpha value is -1.95. The Morgan fingerprint density at radius 2 is 0.765 bits per heavy atom. The first-order valence-corrected chi connectivity index (χ1v) is 22.2. The van der Waals surface area contributed by atoms with Crippen molar-refractivity contribution >= 4 is 5.91 Å². The highest BCUT2D eigenvalue weighted by Gasteiger charge is 2.19. The van der Waals surface area contributed by atoms with Crippen LogP contribution in [0, 0.1) is 0 Å². The fourth-order valence-electron chi connectivity index (χ4n) is 6.66. The van der Waals surface area contributed by atoms with Crippen molar-refractivity contribution in [3.63, 3.8) is 0 Å². The fourth-order valence-corrected chi connectivity index (χ4v) is 6.66. The minimum Gasteiger partial charge on any atom is -0.490 e. The van der Waals surface area contributed by atoms with Gasteiger partial charge >= 0.3 is 0 Å². The molecule has 1 aromatic rings. The third-order valence-corrected chi connectivity index (χ3v) is 9.97. The van der Waals surface area contributed by atoms with E-state index in [1.54, 1.807) is 0 Å². The number of unbranched alkanes of at least 4 members (excludes halogenated alkanes) is 27. The van der Waals surface area contributed by atoms with Crippen LogP contribution < -0.4 is 25.3 Å². The summed E-state index contributed by atoms with van der Waals surface area (Å²) in [5.74, 6) is 1.74. The molecule has 0 aliphatic heterocycles. The average molecular weight is 717 g/mol. The second kappa shape index (κ2) is 36.4. The standard InChI is InChI=1S/C45H84N2O4/c1-4-7-10-13-16-19-22-25-28-31-36-49-42-39-41(45(48)47-35-34-46)40-43(50-37-32-29-26-23-20-17-14-11-8-5-2)44(42)51-38-33-30-27-24-21-18-15-12-9-6-3/h39-40H,4-38,46H2,1-3H3,(H,47,48). The Morgan fingerprint density at radius 1 is 0.471 bits per heavy atom. The van der Waals surface area contributed by atoms with Crippen molar-refractivity contribution in [2.45, 2.75) is 213 Å². The van der Waals surface area contributed by atoms with Gasteiger partial charge in [0.05, 0.1) is 19.8 Å². The Balaban J connectivity index is 2.76. The Morgan fingerprint density at radius 3 is 1.08 bits per heavy atom. The second-order valence-corrected chi connectivity index (χ2v) is 14.9. The minimum absolute atomic E-state index is 0.158. The molecule has 0 atom stereocenters. The summed E-state index contributed by atoms with van der Waals surface area (Å²) in [5.41, 5.74) is 6.22. The van der Waals surface area contributed by atoms with Crippen LogP contribution in [0.25, 0.3) is 0 Å². The fraction of sp³-hybridized carbons (Fsp3) is 0.844. The summed E-state index contributed by atoms with van der Waals surface area (Å²) < 4.78 is 19.2. The normalized spacial score (nSPS) is 11.2. The molecule has 0 heterocycles. The van der Waals surface area contributed by atoms with Crippen LogP contribution >= 0.6 is 0 Å². The van der Waals surface area contributed by atoms with E-state index in [4.69, 9.17) is 19.9 Å². The molecule has 0 radical (unpaired) electrons. The zero-order valence-corrected chi connectivity index (χ0v) is 34.1. The van der Waals surface area contributed by atoms with Crippen LogP contribution in [0.5, 0.6) is 17.2 Å². The number of benzene rings is 1. The smallest absolute Gasteiger partial charge is 0.251 e. The molecule has 0 saturated heterocycles. The van der Waals surface area contributed by atoms with Gasteiger partial charge in [-0.15, -0.1) is 0 Å². The summed E-state index contributed by atoms with van der Waals surface area (Å²) in [6, 6.07) is 3.67. The van der Waals surface area contributed by atoms with Gasteiger partial charge in [0.25, 0.3) is 5.91 Å². The van der Waals surface area contributed by atoms with E-state index < -0.39 is 0 Å². The maximum Gasteiger partial charge on any atom is 0.251 e. The van der Waals surface area contributed by atoms with E-state index >= 15 is 0 Å². The van der Waals surface area contributed by atoms with Gasteiger partial charge in [0, 0.05) is 18.7 Å². The summed E-state index contributed by atoms with van der Waals surface area (Å²) in [5, 5.41) is 2.92. The molecular formula is C45H84N2O4. The van der Waals surface area contributed by atoms with Gasteiger partial charge in [-0.25, -0.2) is 0 Å². The lowest BCUT2D eigenvalue weighted by molar-refractivity contribution is 0.0953. The number of hydrogen-bond donors (Lipinski definition) is 2. The van der Waals surface area contributed by atoms with Gasteiger partial charge in [0.2, 0.25) is 5.75 Å². The molecule has 0 bridgehead atoms. The highest BCUT2D eigenvalue weighted by Crippen LogP contribution is 2.40. The molecule has 6 nitrogen and oxygen atoms in total. The predicted octanol–water partition coefficient (Wildman–Crippen LogP) is 13.3. The summed E-state index contributed by atoms with van der Waals surface area (Å²) in [7, 11) is 0. The van der Waals surface area contributed by atoms with Crippen molar-refractivity contribution in [3.05, 3.63) is 17.7 Å². The van der Waals surface area contributed by atoms with Crippen molar-refractivity contribution in [3.8, 4) is 17.2 Å². The number of nitrogens with two attached hydrogens (primary N) is 1. The Bertz CT molecular complexity index is 861. The molecule has 1 aromatic carbocycles. The van der Waals surface area contributed by atoms with Gasteiger partial charge < -0.3 is 25.3 Å². The molecule has 3 N–H and O–H groups in total. The molecule has 0 aromatic heterocycles. The van der Waals surface area contributed by atoms with Crippen LogP contribution in [-0.2, 0) is 0 Å². The first-order valence-electron chi connectivity index (χ1n) is 22.2. The maximum atomic E-state index is 13.1. The first kappa shape index (κ1) is 47.1. The summed E-state index contributed by atoms with van der Waals surface area (Å²) in [4.78, 5) is 13.1. The lowest BCUT2D eigenvalue weighted by Gasteiger charge is -2.19. The van der Waals surface area contributed by atoms with Crippen LogP contribution in [0.3, 0.4) is 0 Å². The molecule has 0 fully saturated rings. The van der Waals surface area contributed by atoms with Gasteiger partial charge in [-0.05, 0) is 31.4 Å². The van der Waals surface area contributed by atoms with Crippen molar-refractivity contribution in [1.29, 1.82) is 0 Å². The molecule has 6 heteroatoms. The number of rotatable bonds is 39. The molecule has 0 spiro atoms. The topological polar surface area (TPSA) is 82.8 Å². The molecule has 0 aliphatic rings. The van der Waals surface area contributed by atoms with Crippen molar-refractivity contribution < 1.29 is 19.0 Å². The van der Waals surface area contributed by atoms with E-state index in [1.165, 1.54) is 154 Å². The minimum atomic E-state index is -0.158. The van der Waals surface area contributed by atoms with Gasteiger partial charge in [-0.1, -0.05) is 194 Å². The molecule has 0 saturated carbocycles. The van der Waals surface area contributed by atoms with E-state index in [0.717, 1.165) is 38.5 Å². The van der Waals surface area contributed by atoms with E-state index in [2.05, 4.69) is 26.1 Å². The van der Waals surface area contributed by atoms with Gasteiger partial charge in [0.1, 0.15) is 0 Å². The molecule has 51 heavy (non-hydrogen) atoms. The molecule has 0 unspecified atom stereocenters. The van der Waals surface area contributed by atoms with Crippen LogP contribution in [0.1, 0.15) is 224 Å². The molecule has 0 aliphatic carbocycles. The molecular weight excluding hydrogens is 633 g/mol. The van der Waals surface area contributed by atoms with Gasteiger partial charge in [-0.2, -0.15) is 0 Å². The summed E-state index contributed by atoms with van der Waals surface area (Å²) >= 11 is 0. The van der Waals surface area contributed by atoms with Crippen molar-refractivity contribution in [2.75, 3.05) is 32.9 Å². The largest absolute Gasteiger partial charge is 0.490 e. The van der Waals surface area contributed by atoms with Gasteiger partial charge in [0.15, 0.2) is 11.5 Å². The van der Waals surface area contributed by atoms with Crippen molar-refractivity contribution in [2.24, 2.45) is 5.73 Å². The Labute approximate surface area is 316 Å². The lowest BCUT2D eigenvalue weighted by atomic mass is 10.1. The Kier molecular flexibility index (Phi) is 33.6. The summed E-state index contributed by atoms with van der Waals surface area (Å²) in [6.45, 7) is 9.49. The molecule has 298 valence electrons. The number of amides is 1. The number of carbonyl (C=O) groups excluding carboxylic acids is 1. The van der Waals surface area contributed by atoms with Crippen LogP contribution in [0.4, 0.5) is 0 Å². The lowest BCUT2D eigenvalue weighted by Crippen LogP contribution is -2.29. The highest BCUT2D eigenvalue weighted by atomic mass is 16.5. The summed E-state index contributed by atoms with van der Waals surface area (Å²) in [6.07, 6.45) is 38.5. The monoisotopic (exact) mass is 717 g/mol. The third kappa shape index (κ3) is 27.3. The molecule has 1 rings (SSSR count). The number of hydrogen-bond acceptors (Lipinski definition) is 5. The first-order chi connectivity index (χ1) is 25.2. The van der Waals surface area contributed by atoms with E-state index in [0.29, 0.717) is 55.7 Å². The zero-order valence-electron chi connectivity index (χ0n) is 34.1. The van der Waals surface area contributed by atoms with Crippen LogP contribution in [0.2, 0.25) is 0 Å². The number of ether oxygens (including phenoxy) is 3. The predicted molar refractivity (Wildman–Crippen MR) is 220 cm³/mol. The highest BCUT2D eigenvalue weighted by molar-refractivity contribution is 5.95. The number of carbonyl (C=O) groups is 1. The van der Waals surface area contributed by atoms with Gasteiger partial charge in [-0.3, -0.25) is 4.79 Å². The molecule has 1 amide bonds. The van der Waals surface area contributed by atoms with Crippen LogP contribution in [0.15, 0.2) is 12.1 Å².